The third-order valence-corrected chi connectivity index (χ3v) is 2.99. The molecule has 3 nitrogen and oxygen atoms in total. The Hall–Kier alpha value is -2.26. The molecule has 0 heterocycles. The van der Waals surface area contributed by atoms with E-state index in [4.69, 9.17) is 9.47 Å². The van der Waals surface area contributed by atoms with Crippen LogP contribution in [0.5, 0.6) is 11.5 Å². The van der Waals surface area contributed by atoms with Crippen LogP contribution in [0.3, 0.4) is 0 Å². The fraction of sp³-hybridized carbons (Fsp3) is 0.222. The molecule has 21 heavy (non-hydrogen) atoms. The highest BCUT2D eigenvalue weighted by Crippen LogP contribution is 2.18. The van der Waals surface area contributed by atoms with Gasteiger partial charge in [-0.2, -0.15) is 0 Å². The summed E-state index contributed by atoms with van der Waals surface area (Å²) < 4.78 is 11.5. The summed E-state index contributed by atoms with van der Waals surface area (Å²) >= 11 is 0. The van der Waals surface area contributed by atoms with Gasteiger partial charge >= 0.3 is 0 Å². The van der Waals surface area contributed by atoms with Crippen molar-refractivity contribution >= 4 is 0 Å². The molecule has 110 valence electrons. The quantitative estimate of drug-likeness (QED) is 0.595. The van der Waals surface area contributed by atoms with Crippen LogP contribution < -0.4 is 4.74 Å². The molecule has 0 amide bonds. The van der Waals surface area contributed by atoms with Gasteiger partial charge in [-0.1, -0.05) is 36.4 Å². The maximum absolute atomic E-state index is 9.31. The van der Waals surface area contributed by atoms with Gasteiger partial charge in [0, 0.05) is 6.42 Å². The van der Waals surface area contributed by atoms with Gasteiger partial charge in [0.05, 0.1) is 13.2 Å². The Kier molecular flexibility index (Phi) is 5.85. The lowest BCUT2D eigenvalue weighted by molar-refractivity contribution is 0.0641. The SMILES string of the molecule is C=CCOCC(Cc1ccccc1)Oc1ccc(O)cc1. The van der Waals surface area contributed by atoms with Gasteiger partial charge in [0.1, 0.15) is 17.6 Å². The van der Waals surface area contributed by atoms with Crippen LogP contribution >= 0.6 is 0 Å². The number of phenolic OH excluding ortho intramolecular Hbond substituents is 1. The fourth-order valence-corrected chi connectivity index (χ4v) is 2.01. The summed E-state index contributed by atoms with van der Waals surface area (Å²) in [5, 5.41) is 9.31. The Labute approximate surface area is 125 Å². The van der Waals surface area contributed by atoms with Crippen LogP contribution in [0.1, 0.15) is 5.56 Å². The van der Waals surface area contributed by atoms with Gasteiger partial charge in [0.25, 0.3) is 0 Å². The van der Waals surface area contributed by atoms with E-state index in [-0.39, 0.29) is 11.9 Å². The molecule has 3 heteroatoms. The first-order chi connectivity index (χ1) is 10.3. The molecule has 0 spiro atoms. The smallest absolute Gasteiger partial charge is 0.126 e. The summed E-state index contributed by atoms with van der Waals surface area (Å²) in [6, 6.07) is 16.9. The average Bonchev–Trinajstić information content (AvgIpc) is 2.51. The first-order valence-corrected chi connectivity index (χ1v) is 6.96. The van der Waals surface area contributed by atoms with E-state index in [0.717, 1.165) is 12.2 Å². The first-order valence-electron chi connectivity index (χ1n) is 6.96. The van der Waals surface area contributed by atoms with Gasteiger partial charge in [0.15, 0.2) is 0 Å². The van der Waals surface area contributed by atoms with Crippen molar-refractivity contribution in [1.82, 2.24) is 0 Å². The predicted octanol–water partition coefficient (Wildman–Crippen LogP) is 3.58. The molecule has 0 aromatic heterocycles. The van der Waals surface area contributed by atoms with Gasteiger partial charge in [-0.3, -0.25) is 0 Å². The van der Waals surface area contributed by atoms with E-state index in [1.165, 1.54) is 5.56 Å². The summed E-state index contributed by atoms with van der Waals surface area (Å²) in [6.45, 7) is 4.63. The zero-order valence-corrected chi connectivity index (χ0v) is 11.9. The standard InChI is InChI=1S/C18H20O3/c1-2-12-20-14-18(13-15-6-4-3-5-7-15)21-17-10-8-16(19)9-11-17/h2-11,18-19H,1,12-14H2. The van der Waals surface area contributed by atoms with E-state index in [1.807, 2.05) is 18.2 Å². The van der Waals surface area contributed by atoms with Crippen molar-refractivity contribution in [2.75, 3.05) is 13.2 Å². The third kappa shape index (κ3) is 5.32. The van der Waals surface area contributed by atoms with Crippen LogP contribution in [0.15, 0.2) is 67.3 Å². The first kappa shape index (κ1) is 15.1. The van der Waals surface area contributed by atoms with Crippen molar-refractivity contribution in [3.05, 3.63) is 72.8 Å². The van der Waals surface area contributed by atoms with Crippen molar-refractivity contribution in [2.24, 2.45) is 0 Å². The van der Waals surface area contributed by atoms with Gasteiger partial charge in [0.2, 0.25) is 0 Å². The van der Waals surface area contributed by atoms with Gasteiger partial charge < -0.3 is 14.6 Å². The molecule has 1 atom stereocenters. The molecular weight excluding hydrogens is 264 g/mol. The lowest BCUT2D eigenvalue weighted by atomic mass is 10.1. The second-order valence-electron chi connectivity index (χ2n) is 4.75. The topological polar surface area (TPSA) is 38.7 Å². The lowest BCUT2D eigenvalue weighted by Gasteiger charge is -2.19. The van der Waals surface area contributed by atoms with E-state index in [1.54, 1.807) is 30.3 Å². The third-order valence-electron chi connectivity index (χ3n) is 2.99. The van der Waals surface area contributed by atoms with Crippen LogP contribution in [0.4, 0.5) is 0 Å². The van der Waals surface area contributed by atoms with Crippen LogP contribution in [0, 0.1) is 0 Å². The van der Waals surface area contributed by atoms with Crippen molar-refractivity contribution in [1.29, 1.82) is 0 Å². The molecule has 0 bridgehead atoms. The summed E-state index contributed by atoms with van der Waals surface area (Å²) in [5.74, 6) is 0.945. The van der Waals surface area contributed by atoms with E-state index >= 15 is 0 Å². The molecule has 0 saturated heterocycles. The lowest BCUT2D eigenvalue weighted by Crippen LogP contribution is -2.25. The molecule has 1 unspecified atom stereocenters. The highest BCUT2D eigenvalue weighted by Gasteiger charge is 2.12. The molecule has 2 aromatic rings. The number of phenols is 1. The minimum atomic E-state index is -0.0862. The highest BCUT2D eigenvalue weighted by atomic mass is 16.5. The van der Waals surface area contributed by atoms with Crippen molar-refractivity contribution < 1.29 is 14.6 Å². The minimum Gasteiger partial charge on any atom is -0.508 e. The Balaban J connectivity index is 2.00. The van der Waals surface area contributed by atoms with E-state index in [0.29, 0.717) is 13.2 Å². The largest absolute Gasteiger partial charge is 0.508 e. The molecule has 0 fully saturated rings. The number of ether oxygens (including phenoxy) is 2. The normalized spacial score (nSPS) is 11.8. The zero-order chi connectivity index (χ0) is 14.9. The average molecular weight is 284 g/mol. The Bertz CT molecular complexity index is 534. The van der Waals surface area contributed by atoms with Gasteiger partial charge in [-0.25, -0.2) is 0 Å². The molecule has 0 aliphatic heterocycles. The van der Waals surface area contributed by atoms with Gasteiger partial charge in [-0.05, 0) is 29.8 Å². The molecule has 0 aliphatic rings. The number of hydrogen-bond donors (Lipinski definition) is 1. The van der Waals surface area contributed by atoms with Gasteiger partial charge in [-0.15, -0.1) is 6.58 Å². The second-order valence-corrected chi connectivity index (χ2v) is 4.75. The Morgan fingerprint density at radius 2 is 1.76 bits per heavy atom. The Morgan fingerprint density at radius 3 is 2.43 bits per heavy atom. The molecule has 1 N–H and O–H groups in total. The van der Waals surface area contributed by atoms with Crippen molar-refractivity contribution in [3.63, 3.8) is 0 Å². The number of rotatable bonds is 8. The van der Waals surface area contributed by atoms with Crippen LogP contribution in [-0.2, 0) is 11.2 Å². The predicted molar refractivity (Wildman–Crippen MR) is 83.7 cm³/mol. The van der Waals surface area contributed by atoms with E-state index in [2.05, 4.69) is 18.7 Å². The van der Waals surface area contributed by atoms with Crippen LogP contribution in [0.25, 0.3) is 0 Å². The van der Waals surface area contributed by atoms with E-state index < -0.39 is 0 Å². The summed E-state index contributed by atoms with van der Waals surface area (Å²) in [6.07, 6.45) is 2.40. The van der Waals surface area contributed by atoms with Crippen molar-refractivity contribution in [2.45, 2.75) is 12.5 Å². The summed E-state index contributed by atoms with van der Waals surface area (Å²) in [5.41, 5.74) is 1.20. The maximum atomic E-state index is 9.31. The highest BCUT2D eigenvalue weighted by molar-refractivity contribution is 5.30. The Morgan fingerprint density at radius 1 is 1.05 bits per heavy atom. The monoisotopic (exact) mass is 284 g/mol. The maximum Gasteiger partial charge on any atom is 0.126 e. The van der Waals surface area contributed by atoms with Crippen molar-refractivity contribution in [3.8, 4) is 11.5 Å². The molecular formula is C18H20O3. The minimum absolute atomic E-state index is 0.0862. The van der Waals surface area contributed by atoms with E-state index in [9.17, 15) is 5.11 Å². The number of benzene rings is 2. The number of aromatic hydroxyl groups is 1. The molecule has 2 aromatic carbocycles. The van der Waals surface area contributed by atoms with Crippen LogP contribution in [0.2, 0.25) is 0 Å². The summed E-state index contributed by atoms with van der Waals surface area (Å²) in [4.78, 5) is 0. The molecule has 0 aliphatic carbocycles. The summed E-state index contributed by atoms with van der Waals surface area (Å²) in [7, 11) is 0. The molecule has 0 saturated carbocycles. The molecule has 0 radical (unpaired) electrons. The zero-order valence-electron chi connectivity index (χ0n) is 11.9. The number of hydrogen-bond acceptors (Lipinski definition) is 3. The fourth-order valence-electron chi connectivity index (χ4n) is 2.01. The second kappa shape index (κ2) is 8.12. The van der Waals surface area contributed by atoms with Crippen LogP contribution in [-0.4, -0.2) is 24.4 Å². The molecule has 2 rings (SSSR count).